The summed E-state index contributed by atoms with van der Waals surface area (Å²) in [7, 11) is 0. The molecule has 7 nitrogen and oxygen atoms in total. The maximum atomic E-state index is 5.44. The Bertz CT molecular complexity index is 439. The molecule has 0 fully saturated rings. The quantitative estimate of drug-likeness (QED) is 0.252. The molecule has 1 atom stereocenters. The van der Waals surface area contributed by atoms with E-state index in [0.29, 0.717) is 24.9 Å². The third-order valence-electron chi connectivity index (χ3n) is 3.05. The van der Waals surface area contributed by atoms with E-state index in [9.17, 15) is 0 Å². The van der Waals surface area contributed by atoms with Crippen molar-refractivity contribution in [3.8, 4) is 0 Å². The highest BCUT2D eigenvalue weighted by Gasteiger charge is 2.13. The fraction of sp³-hybridized carbons (Fsp3) is 0.800. The van der Waals surface area contributed by atoms with E-state index in [0.717, 1.165) is 25.5 Å². The van der Waals surface area contributed by atoms with Crippen molar-refractivity contribution in [3.63, 3.8) is 0 Å². The monoisotopic (exact) mass is 439 g/mol. The van der Waals surface area contributed by atoms with E-state index in [2.05, 4.69) is 32.7 Å². The summed E-state index contributed by atoms with van der Waals surface area (Å²) < 4.78 is 10.6. The standard InChI is InChI=1S/C15H29N5O2.HI/c1-5-8-9-10-17-15(16-6-2)18-11-13-19-14(20-22-13)12(4)21-7-3;/h12H,5-11H2,1-4H3,(H2,16,17,18);1H. The van der Waals surface area contributed by atoms with Gasteiger partial charge in [-0.3, -0.25) is 0 Å². The molecule has 1 aromatic heterocycles. The Balaban J connectivity index is 0.00000484. The topological polar surface area (TPSA) is 84.6 Å². The average molecular weight is 439 g/mol. The second-order valence-corrected chi connectivity index (χ2v) is 4.97. The Morgan fingerprint density at radius 2 is 2.04 bits per heavy atom. The zero-order valence-corrected chi connectivity index (χ0v) is 16.9. The van der Waals surface area contributed by atoms with Crippen molar-refractivity contribution in [1.29, 1.82) is 0 Å². The van der Waals surface area contributed by atoms with E-state index in [4.69, 9.17) is 9.26 Å². The largest absolute Gasteiger partial charge is 0.371 e. The highest BCUT2D eigenvalue weighted by atomic mass is 127. The van der Waals surface area contributed by atoms with E-state index in [1.165, 1.54) is 12.8 Å². The summed E-state index contributed by atoms with van der Waals surface area (Å²) in [4.78, 5) is 8.76. The van der Waals surface area contributed by atoms with Crippen molar-refractivity contribution >= 4 is 29.9 Å². The minimum absolute atomic E-state index is 0. The van der Waals surface area contributed by atoms with Crippen LogP contribution in [0.5, 0.6) is 0 Å². The van der Waals surface area contributed by atoms with Crippen molar-refractivity contribution in [2.24, 2.45) is 4.99 Å². The van der Waals surface area contributed by atoms with E-state index in [1.807, 2.05) is 20.8 Å². The van der Waals surface area contributed by atoms with Gasteiger partial charge in [0.1, 0.15) is 12.6 Å². The van der Waals surface area contributed by atoms with Gasteiger partial charge in [-0.1, -0.05) is 24.9 Å². The molecule has 0 aromatic carbocycles. The summed E-state index contributed by atoms with van der Waals surface area (Å²) in [6.07, 6.45) is 3.40. The molecule has 23 heavy (non-hydrogen) atoms. The Morgan fingerprint density at radius 3 is 2.70 bits per heavy atom. The lowest BCUT2D eigenvalue weighted by molar-refractivity contribution is 0.0683. The lowest BCUT2D eigenvalue weighted by Crippen LogP contribution is -2.37. The van der Waals surface area contributed by atoms with Crippen molar-refractivity contribution in [2.45, 2.75) is 59.6 Å². The van der Waals surface area contributed by atoms with Gasteiger partial charge in [0, 0.05) is 19.7 Å². The number of guanidine groups is 1. The normalized spacial score (nSPS) is 12.6. The number of hydrogen-bond donors (Lipinski definition) is 2. The van der Waals surface area contributed by atoms with Crippen molar-refractivity contribution in [2.75, 3.05) is 19.7 Å². The molecule has 1 unspecified atom stereocenters. The van der Waals surface area contributed by atoms with Crippen molar-refractivity contribution < 1.29 is 9.26 Å². The van der Waals surface area contributed by atoms with E-state index >= 15 is 0 Å². The number of nitrogens with one attached hydrogen (secondary N) is 2. The highest BCUT2D eigenvalue weighted by molar-refractivity contribution is 14.0. The van der Waals surface area contributed by atoms with Gasteiger partial charge in [0.25, 0.3) is 0 Å². The molecular formula is C15H30IN5O2. The molecule has 0 spiro atoms. The second-order valence-electron chi connectivity index (χ2n) is 4.97. The molecule has 0 bridgehead atoms. The van der Waals surface area contributed by atoms with Gasteiger partial charge in [0.2, 0.25) is 5.89 Å². The molecule has 0 radical (unpaired) electrons. The zero-order chi connectivity index (χ0) is 16.2. The first-order valence-electron chi connectivity index (χ1n) is 8.17. The minimum atomic E-state index is -0.160. The molecule has 134 valence electrons. The summed E-state index contributed by atoms with van der Waals surface area (Å²) in [6, 6.07) is 0. The summed E-state index contributed by atoms with van der Waals surface area (Å²) in [5.41, 5.74) is 0. The third-order valence-corrected chi connectivity index (χ3v) is 3.05. The average Bonchev–Trinajstić information content (AvgIpc) is 2.98. The minimum Gasteiger partial charge on any atom is -0.371 e. The number of aliphatic imine (C=N–C) groups is 1. The smallest absolute Gasteiger partial charge is 0.248 e. The van der Waals surface area contributed by atoms with Crippen molar-refractivity contribution in [3.05, 3.63) is 11.7 Å². The number of hydrogen-bond acceptors (Lipinski definition) is 5. The number of halogens is 1. The maximum absolute atomic E-state index is 5.44. The fourth-order valence-electron chi connectivity index (χ4n) is 1.89. The number of aromatic nitrogens is 2. The van der Waals surface area contributed by atoms with Gasteiger partial charge in [-0.05, 0) is 27.2 Å². The third kappa shape index (κ3) is 9.09. The summed E-state index contributed by atoms with van der Waals surface area (Å²) in [5, 5.41) is 10.4. The van der Waals surface area contributed by atoms with Gasteiger partial charge in [0.05, 0.1) is 0 Å². The molecular weight excluding hydrogens is 409 g/mol. The Hall–Kier alpha value is -0.900. The first-order valence-corrected chi connectivity index (χ1v) is 8.17. The van der Waals surface area contributed by atoms with Crippen LogP contribution in [0.15, 0.2) is 9.52 Å². The Kier molecular flexibility index (Phi) is 13.0. The molecule has 0 amide bonds. The molecule has 1 heterocycles. The van der Waals surface area contributed by atoms with E-state index in [-0.39, 0.29) is 30.1 Å². The molecule has 1 rings (SSSR count). The summed E-state index contributed by atoms with van der Waals surface area (Å²) in [6.45, 7) is 10.8. The van der Waals surface area contributed by atoms with Crippen LogP contribution >= 0.6 is 24.0 Å². The van der Waals surface area contributed by atoms with Crippen LogP contribution in [0.1, 0.15) is 64.8 Å². The Morgan fingerprint density at radius 1 is 1.26 bits per heavy atom. The zero-order valence-electron chi connectivity index (χ0n) is 14.6. The lowest BCUT2D eigenvalue weighted by Gasteiger charge is -2.10. The maximum Gasteiger partial charge on any atom is 0.248 e. The van der Waals surface area contributed by atoms with Crippen LogP contribution in [0.3, 0.4) is 0 Å². The molecule has 0 saturated carbocycles. The summed E-state index contributed by atoms with van der Waals surface area (Å²) >= 11 is 0. The predicted octanol–water partition coefficient (Wildman–Crippen LogP) is 3.03. The number of unbranched alkanes of at least 4 members (excludes halogenated alkanes) is 2. The van der Waals surface area contributed by atoms with Crippen LogP contribution in [-0.2, 0) is 11.3 Å². The van der Waals surface area contributed by atoms with Crippen LogP contribution in [-0.4, -0.2) is 35.8 Å². The molecule has 0 aliphatic carbocycles. The Labute approximate surface area is 156 Å². The van der Waals surface area contributed by atoms with E-state index in [1.54, 1.807) is 0 Å². The van der Waals surface area contributed by atoms with Gasteiger partial charge in [0.15, 0.2) is 11.8 Å². The first kappa shape index (κ1) is 22.1. The molecule has 0 aliphatic rings. The molecule has 1 aromatic rings. The van der Waals surface area contributed by atoms with Crippen LogP contribution in [0.2, 0.25) is 0 Å². The molecule has 8 heteroatoms. The number of ether oxygens (including phenoxy) is 1. The lowest BCUT2D eigenvalue weighted by atomic mass is 10.2. The first-order chi connectivity index (χ1) is 10.7. The van der Waals surface area contributed by atoms with Crippen molar-refractivity contribution in [1.82, 2.24) is 20.8 Å². The number of nitrogens with zero attached hydrogens (tertiary/aromatic N) is 3. The van der Waals surface area contributed by atoms with Gasteiger partial charge in [-0.25, -0.2) is 4.99 Å². The van der Waals surface area contributed by atoms with Crippen LogP contribution < -0.4 is 10.6 Å². The van der Waals surface area contributed by atoms with Crippen LogP contribution in [0.4, 0.5) is 0 Å². The van der Waals surface area contributed by atoms with Gasteiger partial charge >= 0.3 is 0 Å². The van der Waals surface area contributed by atoms with Gasteiger partial charge in [-0.15, -0.1) is 24.0 Å². The molecule has 2 N–H and O–H groups in total. The van der Waals surface area contributed by atoms with Crippen LogP contribution in [0.25, 0.3) is 0 Å². The molecule has 0 saturated heterocycles. The fourth-order valence-corrected chi connectivity index (χ4v) is 1.89. The highest BCUT2D eigenvalue weighted by Crippen LogP contribution is 2.12. The second kappa shape index (κ2) is 13.5. The summed E-state index contributed by atoms with van der Waals surface area (Å²) in [5.74, 6) is 1.83. The number of rotatable bonds is 10. The van der Waals surface area contributed by atoms with Crippen LogP contribution in [0, 0.1) is 0 Å². The SMILES string of the molecule is CCCCCNC(=NCc1nc(C(C)OCC)no1)NCC.I. The van der Waals surface area contributed by atoms with Gasteiger partial charge in [-0.2, -0.15) is 4.98 Å². The van der Waals surface area contributed by atoms with E-state index < -0.39 is 0 Å². The molecule has 0 aliphatic heterocycles. The van der Waals surface area contributed by atoms with Gasteiger partial charge < -0.3 is 19.9 Å². The predicted molar refractivity (Wildman–Crippen MR) is 102 cm³/mol.